The Labute approximate surface area is 165 Å². The number of carbonyl (C=O) groups excluding carboxylic acids is 1. The summed E-state index contributed by atoms with van der Waals surface area (Å²) in [6.45, 7) is 3.79. The smallest absolute Gasteiger partial charge is 0.331 e. The fourth-order valence-corrected chi connectivity index (χ4v) is 4.27. The molecular formula is C19H20ClN3O3S. The Morgan fingerprint density at radius 2 is 1.89 bits per heavy atom. The summed E-state index contributed by atoms with van der Waals surface area (Å²) >= 11 is 7.41. The number of nitrogens with zero attached hydrogens (tertiary/aromatic N) is 2. The largest absolute Gasteiger partial charge is 0.347 e. The van der Waals surface area contributed by atoms with E-state index in [0.29, 0.717) is 21.7 Å². The Balaban J connectivity index is 1.95. The summed E-state index contributed by atoms with van der Waals surface area (Å²) in [7, 11) is 0. The molecule has 3 aromatic rings. The van der Waals surface area contributed by atoms with E-state index in [1.165, 1.54) is 15.9 Å². The zero-order valence-corrected chi connectivity index (χ0v) is 16.6. The molecular weight excluding hydrogens is 386 g/mol. The van der Waals surface area contributed by atoms with Gasteiger partial charge in [0.05, 0.1) is 21.3 Å². The number of carbonyl (C=O) groups is 1. The summed E-state index contributed by atoms with van der Waals surface area (Å²) < 4.78 is 3.16. The van der Waals surface area contributed by atoms with Crippen LogP contribution in [0.15, 0.2) is 46.0 Å². The highest BCUT2D eigenvalue weighted by Gasteiger charge is 2.18. The molecule has 1 aromatic carbocycles. The van der Waals surface area contributed by atoms with E-state index in [0.717, 1.165) is 9.44 Å². The minimum absolute atomic E-state index is 0.158. The van der Waals surface area contributed by atoms with Gasteiger partial charge in [-0.3, -0.25) is 18.7 Å². The van der Waals surface area contributed by atoms with Crippen molar-refractivity contribution < 1.29 is 4.79 Å². The van der Waals surface area contributed by atoms with E-state index in [9.17, 15) is 14.4 Å². The van der Waals surface area contributed by atoms with E-state index in [-0.39, 0.29) is 30.6 Å². The van der Waals surface area contributed by atoms with Crippen LogP contribution < -0.4 is 16.6 Å². The van der Waals surface area contributed by atoms with Gasteiger partial charge in [0.15, 0.2) is 0 Å². The van der Waals surface area contributed by atoms with Crippen LogP contribution in [0.1, 0.15) is 31.2 Å². The maximum Gasteiger partial charge on any atom is 0.331 e. The number of hydrogen-bond acceptors (Lipinski definition) is 4. The van der Waals surface area contributed by atoms with Gasteiger partial charge in [-0.05, 0) is 37.6 Å². The van der Waals surface area contributed by atoms with E-state index < -0.39 is 5.69 Å². The van der Waals surface area contributed by atoms with Crippen molar-refractivity contribution in [1.29, 1.82) is 0 Å². The third-order valence-corrected chi connectivity index (χ3v) is 5.78. The molecule has 6 nitrogen and oxygen atoms in total. The molecule has 0 aliphatic heterocycles. The number of amides is 1. The summed E-state index contributed by atoms with van der Waals surface area (Å²) in [5, 5.41) is 3.37. The van der Waals surface area contributed by atoms with Crippen LogP contribution in [0.4, 0.5) is 0 Å². The summed E-state index contributed by atoms with van der Waals surface area (Å²) in [5.74, 6) is -0.292. The van der Waals surface area contributed by atoms with Crippen LogP contribution in [0.3, 0.4) is 0 Å². The molecule has 1 amide bonds. The molecule has 3 rings (SSSR count). The minimum Gasteiger partial charge on any atom is -0.347 e. The molecule has 1 N–H and O–H groups in total. The molecule has 0 saturated carbocycles. The number of para-hydroxylation sites is 1. The Bertz CT molecular complexity index is 1100. The highest BCUT2D eigenvalue weighted by atomic mass is 35.5. The highest BCUT2D eigenvalue weighted by Crippen LogP contribution is 2.28. The molecule has 1 atom stereocenters. The van der Waals surface area contributed by atoms with Crippen molar-refractivity contribution in [2.24, 2.45) is 0 Å². The first-order chi connectivity index (χ1) is 13.0. The molecule has 0 bridgehead atoms. The molecule has 0 spiro atoms. The van der Waals surface area contributed by atoms with Gasteiger partial charge in [-0.1, -0.05) is 30.7 Å². The van der Waals surface area contributed by atoms with Gasteiger partial charge < -0.3 is 5.32 Å². The van der Waals surface area contributed by atoms with Gasteiger partial charge in [0.2, 0.25) is 5.91 Å². The predicted octanol–water partition coefficient (Wildman–Crippen LogP) is 3.17. The number of halogens is 1. The Kier molecular flexibility index (Phi) is 5.82. The fourth-order valence-electron chi connectivity index (χ4n) is 3.08. The van der Waals surface area contributed by atoms with Gasteiger partial charge in [-0.2, -0.15) is 0 Å². The molecule has 0 radical (unpaired) electrons. The van der Waals surface area contributed by atoms with Crippen LogP contribution in [0.5, 0.6) is 0 Å². The number of rotatable bonds is 6. The van der Waals surface area contributed by atoms with Gasteiger partial charge in [0.25, 0.3) is 5.56 Å². The second-order valence-electron chi connectivity index (χ2n) is 6.11. The normalized spacial score (nSPS) is 12.3. The summed E-state index contributed by atoms with van der Waals surface area (Å²) in [6.07, 6.45) is 0.701. The standard InChI is InChI=1S/C19H20ClN3O3S/c1-3-13(15-9-10-16(20)27-15)21-17(24)11-23-14-8-6-5-7-12(14)18(25)22(4-2)19(23)26/h5-10,13H,3-4,11H2,1-2H3,(H,21,24). The predicted molar refractivity (Wildman–Crippen MR) is 109 cm³/mol. The Hall–Kier alpha value is -2.38. The molecule has 0 fully saturated rings. The molecule has 27 heavy (non-hydrogen) atoms. The van der Waals surface area contributed by atoms with Crippen molar-refractivity contribution in [2.75, 3.05) is 0 Å². The number of benzene rings is 1. The number of fused-ring (bicyclic) bond motifs is 1. The maximum atomic E-state index is 12.7. The lowest BCUT2D eigenvalue weighted by Gasteiger charge is -2.17. The lowest BCUT2D eigenvalue weighted by molar-refractivity contribution is -0.122. The lowest BCUT2D eigenvalue weighted by atomic mass is 10.2. The zero-order valence-electron chi connectivity index (χ0n) is 15.1. The quantitative estimate of drug-likeness (QED) is 0.684. The SMILES string of the molecule is CCC(NC(=O)Cn1c(=O)n(CC)c(=O)c2ccccc21)c1ccc(Cl)s1. The van der Waals surface area contributed by atoms with Crippen molar-refractivity contribution in [3.8, 4) is 0 Å². The monoisotopic (exact) mass is 405 g/mol. The molecule has 142 valence electrons. The summed E-state index contributed by atoms with van der Waals surface area (Å²) in [5.41, 5.74) is -0.363. The second-order valence-corrected chi connectivity index (χ2v) is 7.85. The summed E-state index contributed by atoms with van der Waals surface area (Å²) in [4.78, 5) is 38.8. The third kappa shape index (κ3) is 3.84. The van der Waals surface area contributed by atoms with Crippen LogP contribution >= 0.6 is 22.9 Å². The first kappa shape index (κ1) is 19.4. The average Bonchev–Trinajstić information content (AvgIpc) is 3.10. The van der Waals surface area contributed by atoms with Gasteiger partial charge in [-0.15, -0.1) is 11.3 Å². The van der Waals surface area contributed by atoms with Gasteiger partial charge in [0.1, 0.15) is 6.54 Å². The van der Waals surface area contributed by atoms with E-state index >= 15 is 0 Å². The van der Waals surface area contributed by atoms with Crippen LogP contribution in [0.2, 0.25) is 4.34 Å². The first-order valence-corrected chi connectivity index (χ1v) is 9.92. The zero-order chi connectivity index (χ0) is 19.6. The maximum absolute atomic E-state index is 12.7. The fraction of sp³-hybridized carbons (Fsp3) is 0.316. The third-order valence-electron chi connectivity index (χ3n) is 4.43. The number of aromatic nitrogens is 2. The van der Waals surface area contributed by atoms with Gasteiger partial charge in [-0.25, -0.2) is 4.79 Å². The Morgan fingerprint density at radius 1 is 1.15 bits per heavy atom. The number of thiophene rings is 1. The molecule has 0 aliphatic rings. The van der Waals surface area contributed by atoms with Crippen molar-refractivity contribution in [3.05, 3.63) is 66.4 Å². The highest BCUT2D eigenvalue weighted by molar-refractivity contribution is 7.16. The van der Waals surface area contributed by atoms with Crippen LogP contribution in [-0.2, 0) is 17.9 Å². The summed E-state index contributed by atoms with van der Waals surface area (Å²) in [6, 6.07) is 10.4. The van der Waals surface area contributed by atoms with Crippen molar-refractivity contribution in [3.63, 3.8) is 0 Å². The molecule has 1 unspecified atom stereocenters. The van der Waals surface area contributed by atoms with Crippen LogP contribution in [0.25, 0.3) is 10.9 Å². The van der Waals surface area contributed by atoms with E-state index in [4.69, 9.17) is 11.6 Å². The molecule has 0 aliphatic carbocycles. The second kappa shape index (κ2) is 8.10. The van der Waals surface area contributed by atoms with Gasteiger partial charge in [0, 0.05) is 11.4 Å². The van der Waals surface area contributed by atoms with E-state index in [1.54, 1.807) is 37.3 Å². The van der Waals surface area contributed by atoms with E-state index in [2.05, 4.69) is 5.32 Å². The van der Waals surface area contributed by atoms with E-state index in [1.807, 2.05) is 13.0 Å². The molecule has 0 saturated heterocycles. The molecule has 2 heterocycles. The van der Waals surface area contributed by atoms with Gasteiger partial charge >= 0.3 is 5.69 Å². The number of hydrogen-bond donors (Lipinski definition) is 1. The van der Waals surface area contributed by atoms with Crippen molar-refractivity contribution in [2.45, 2.75) is 39.4 Å². The van der Waals surface area contributed by atoms with Crippen molar-refractivity contribution >= 4 is 39.7 Å². The topological polar surface area (TPSA) is 73.1 Å². The Morgan fingerprint density at radius 3 is 2.52 bits per heavy atom. The van der Waals surface area contributed by atoms with Crippen molar-refractivity contribution in [1.82, 2.24) is 14.5 Å². The molecule has 2 aromatic heterocycles. The number of nitrogens with one attached hydrogen (secondary N) is 1. The average molecular weight is 406 g/mol. The first-order valence-electron chi connectivity index (χ1n) is 8.73. The molecule has 8 heteroatoms. The lowest BCUT2D eigenvalue weighted by Crippen LogP contribution is -2.42. The van der Waals surface area contributed by atoms with Crippen LogP contribution in [0, 0.1) is 0 Å². The van der Waals surface area contributed by atoms with Crippen LogP contribution in [-0.4, -0.2) is 15.0 Å². The minimum atomic E-state index is -0.483.